The second kappa shape index (κ2) is 5.84. The van der Waals surface area contributed by atoms with Gasteiger partial charge in [0.2, 0.25) is 0 Å². The summed E-state index contributed by atoms with van der Waals surface area (Å²) < 4.78 is 13.7. The Labute approximate surface area is 117 Å². The fourth-order valence-corrected chi connectivity index (χ4v) is 1.85. The Bertz CT molecular complexity index is 621. The molecule has 2 rings (SSSR count). The third-order valence-corrected chi connectivity index (χ3v) is 3.02. The third kappa shape index (κ3) is 3.22. The first-order chi connectivity index (χ1) is 9.47. The molecule has 0 heterocycles. The van der Waals surface area contributed by atoms with Crippen molar-refractivity contribution >= 4 is 11.6 Å². The summed E-state index contributed by atoms with van der Waals surface area (Å²) in [4.78, 5) is 12.0. The summed E-state index contributed by atoms with van der Waals surface area (Å²) in [7, 11) is 0. The van der Waals surface area contributed by atoms with E-state index in [1.165, 1.54) is 19.1 Å². The molecule has 0 saturated heterocycles. The summed E-state index contributed by atoms with van der Waals surface area (Å²) in [6.45, 7) is 3.43. The lowest BCUT2D eigenvalue weighted by Crippen LogP contribution is -2.12. The van der Waals surface area contributed by atoms with E-state index in [0.29, 0.717) is 5.69 Å². The number of benzene rings is 2. The van der Waals surface area contributed by atoms with Gasteiger partial charge in [0.1, 0.15) is 5.82 Å². The zero-order valence-corrected chi connectivity index (χ0v) is 11.4. The molecule has 1 amide bonds. The molecule has 0 aliphatic heterocycles. The largest absolute Gasteiger partial charge is 0.389 e. The van der Waals surface area contributed by atoms with E-state index in [4.69, 9.17) is 0 Å². The predicted molar refractivity (Wildman–Crippen MR) is 76.2 cm³/mol. The minimum absolute atomic E-state index is 0.178. The average molecular weight is 273 g/mol. The summed E-state index contributed by atoms with van der Waals surface area (Å²) in [5.41, 5.74) is 2.14. The van der Waals surface area contributed by atoms with Crippen LogP contribution >= 0.6 is 0 Å². The molecule has 2 N–H and O–H groups in total. The zero-order valence-electron chi connectivity index (χ0n) is 11.4. The van der Waals surface area contributed by atoms with Gasteiger partial charge >= 0.3 is 0 Å². The fourth-order valence-electron chi connectivity index (χ4n) is 1.85. The number of hydrogen-bond donors (Lipinski definition) is 2. The minimum atomic E-state index is -0.899. The van der Waals surface area contributed by atoms with Gasteiger partial charge in [-0.25, -0.2) is 4.39 Å². The number of aliphatic hydroxyl groups is 1. The zero-order chi connectivity index (χ0) is 14.7. The number of carbonyl (C=O) groups excluding carboxylic acids is 1. The molecule has 0 radical (unpaired) electrons. The van der Waals surface area contributed by atoms with Crippen LogP contribution in [0, 0.1) is 12.7 Å². The van der Waals surface area contributed by atoms with Crippen molar-refractivity contribution in [3.05, 3.63) is 65.0 Å². The van der Waals surface area contributed by atoms with Crippen LogP contribution in [-0.4, -0.2) is 11.0 Å². The smallest absolute Gasteiger partial charge is 0.255 e. The van der Waals surface area contributed by atoms with E-state index in [-0.39, 0.29) is 17.0 Å². The van der Waals surface area contributed by atoms with Gasteiger partial charge in [0.25, 0.3) is 5.91 Å². The highest BCUT2D eigenvalue weighted by atomic mass is 19.1. The molecule has 1 atom stereocenters. The van der Waals surface area contributed by atoms with Crippen LogP contribution < -0.4 is 5.32 Å². The molecule has 20 heavy (non-hydrogen) atoms. The van der Waals surface area contributed by atoms with Gasteiger partial charge in [-0.05, 0) is 38.1 Å². The molecule has 0 fully saturated rings. The van der Waals surface area contributed by atoms with E-state index in [9.17, 15) is 14.3 Å². The summed E-state index contributed by atoms with van der Waals surface area (Å²) in [5.74, 6) is -0.971. The van der Waals surface area contributed by atoms with Crippen molar-refractivity contribution in [2.24, 2.45) is 0 Å². The van der Waals surface area contributed by atoms with Gasteiger partial charge in [0, 0.05) is 16.8 Å². The Morgan fingerprint density at radius 2 is 1.85 bits per heavy atom. The highest BCUT2D eigenvalue weighted by Crippen LogP contribution is 2.18. The molecular formula is C16H16FNO2. The molecule has 0 aliphatic rings. The highest BCUT2D eigenvalue weighted by molar-refractivity contribution is 6.04. The number of anilines is 1. The molecule has 0 spiro atoms. The fraction of sp³-hybridized carbons (Fsp3) is 0.188. The quantitative estimate of drug-likeness (QED) is 0.900. The van der Waals surface area contributed by atoms with E-state index >= 15 is 0 Å². The minimum Gasteiger partial charge on any atom is -0.389 e. The Morgan fingerprint density at radius 1 is 1.20 bits per heavy atom. The van der Waals surface area contributed by atoms with Gasteiger partial charge in [0.15, 0.2) is 0 Å². The molecule has 0 saturated carbocycles. The molecule has 2 aromatic carbocycles. The first-order valence-corrected chi connectivity index (χ1v) is 6.33. The maximum atomic E-state index is 13.7. The van der Waals surface area contributed by atoms with Gasteiger partial charge in [0.05, 0.1) is 6.10 Å². The van der Waals surface area contributed by atoms with Gasteiger partial charge in [-0.1, -0.05) is 23.8 Å². The predicted octanol–water partition coefficient (Wildman–Crippen LogP) is 3.44. The maximum Gasteiger partial charge on any atom is 0.255 e. The average Bonchev–Trinajstić information content (AvgIpc) is 2.40. The van der Waals surface area contributed by atoms with Crippen molar-refractivity contribution in [2.75, 3.05) is 5.32 Å². The van der Waals surface area contributed by atoms with Gasteiger partial charge in [-0.3, -0.25) is 4.79 Å². The van der Waals surface area contributed by atoms with Crippen LogP contribution in [0.3, 0.4) is 0 Å². The third-order valence-electron chi connectivity index (χ3n) is 3.02. The number of carbonyl (C=O) groups is 1. The Balaban J connectivity index is 2.17. The lowest BCUT2D eigenvalue weighted by molar-refractivity contribution is 0.102. The van der Waals surface area contributed by atoms with Crippen LogP contribution in [-0.2, 0) is 0 Å². The van der Waals surface area contributed by atoms with E-state index in [1.807, 2.05) is 19.1 Å². The Kier molecular flexibility index (Phi) is 4.15. The number of aliphatic hydroxyl groups excluding tert-OH is 1. The second-order valence-electron chi connectivity index (χ2n) is 4.73. The monoisotopic (exact) mass is 273 g/mol. The van der Waals surface area contributed by atoms with Gasteiger partial charge in [-0.2, -0.15) is 0 Å². The molecule has 0 aliphatic carbocycles. The van der Waals surface area contributed by atoms with Crippen LogP contribution in [0.1, 0.15) is 34.5 Å². The lowest BCUT2D eigenvalue weighted by Gasteiger charge is -2.09. The Morgan fingerprint density at radius 3 is 2.40 bits per heavy atom. The lowest BCUT2D eigenvalue weighted by atomic mass is 10.1. The number of nitrogens with one attached hydrogen (secondary N) is 1. The molecule has 104 valence electrons. The van der Waals surface area contributed by atoms with E-state index in [0.717, 1.165) is 11.6 Å². The van der Waals surface area contributed by atoms with E-state index in [2.05, 4.69) is 5.32 Å². The normalized spacial score (nSPS) is 12.0. The first-order valence-electron chi connectivity index (χ1n) is 6.33. The summed E-state index contributed by atoms with van der Waals surface area (Å²) >= 11 is 0. The van der Waals surface area contributed by atoms with Crippen LogP contribution in [0.5, 0.6) is 0 Å². The molecule has 3 nitrogen and oxygen atoms in total. The van der Waals surface area contributed by atoms with Crippen LogP contribution in [0.4, 0.5) is 10.1 Å². The molecule has 0 aromatic heterocycles. The topological polar surface area (TPSA) is 49.3 Å². The number of aryl methyl sites for hydroxylation is 1. The van der Waals surface area contributed by atoms with E-state index in [1.54, 1.807) is 12.1 Å². The number of hydrogen-bond acceptors (Lipinski definition) is 2. The molecule has 0 bridgehead atoms. The second-order valence-corrected chi connectivity index (χ2v) is 4.73. The van der Waals surface area contributed by atoms with Crippen LogP contribution in [0.2, 0.25) is 0 Å². The standard InChI is InChI=1S/C16H16FNO2/c1-10-3-6-13(7-4-10)18-16(20)12-5-8-14(11(2)19)15(17)9-12/h3-9,11,19H,1-2H3,(H,18,20). The van der Waals surface area contributed by atoms with E-state index < -0.39 is 11.9 Å². The van der Waals surface area contributed by atoms with Gasteiger partial charge < -0.3 is 10.4 Å². The maximum absolute atomic E-state index is 13.7. The number of halogens is 1. The van der Waals surface area contributed by atoms with Crippen molar-refractivity contribution in [2.45, 2.75) is 20.0 Å². The van der Waals surface area contributed by atoms with Crippen molar-refractivity contribution in [3.63, 3.8) is 0 Å². The molecule has 1 unspecified atom stereocenters. The van der Waals surface area contributed by atoms with Crippen molar-refractivity contribution in [1.82, 2.24) is 0 Å². The summed E-state index contributed by atoms with van der Waals surface area (Å²) in [6.07, 6.45) is -0.899. The van der Waals surface area contributed by atoms with Crippen molar-refractivity contribution < 1.29 is 14.3 Å². The Hall–Kier alpha value is -2.20. The van der Waals surface area contributed by atoms with Crippen LogP contribution in [0.15, 0.2) is 42.5 Å². The SMILES string of the molecule is Cc1ccc(NC(=O)c2ccc(C(C)O)c(F)c2)cc1. The first kappa shape index (κ1) is 14.2. The van der Waals surface area contributed by atoms with Crippen molar-refractivity contribution in [1.29, 1.82) is 0 Å². The molecule has 2 aromatic rings. The molecule has 4 heteroatoms. The number of rotatable bonds is 3. The highest BCUT2D eigenvalue weighted by Gasteiger charge is 2.12. The van der Waals surface area contributed by atoms with Crippen molar-refractivity contribution in [3.8, 4) is 0 Å². The van der Waals surface area contributed by atoms with Gasteiger partial charge in [-0.15, -0.1) is 0 Å². The summed E-state index contributed by atoms with van der Waals surface area (Å²) in [6, 6.07) is 11.4. The summed E-state index contributed by atoms with van der Waals surface area (Å²) in [5, 5.41) is 12.0. The van der Waals surface area contributed by atoms with Crippen LogP contribution in [0.25, 0.3) is 0 Å². The number of amides is 1. The molecular weight excluding hydrogens is 257 g/mol.